The summed E-state index contributed by atoms with van der Waals surface area (Å²) in [5.41, 5.74) is 11.1. The third-order valence-corrected chi connectivity index (χ3v) is 8.20. The third-order valence-electron chi connectivity index (χ3n) is 8.20. The predicted octanol–water partition coefficient (Wildman–Crippen LogP) is 9.49. The van der Waals surface area contributed by atoms with Gasteiger partial charge in [0, 0.05) is 39.8 Å². The lowest BCUT2D eigenvalue weighted by molar-refractivity contribution is 0.669. The van der Waals surface area contributed by atoms with E-state index in [4.69, 9.17) is 20.4 Å². The molecule has 0 amide bonds. The van der Waals surface area contributed by atoms with Crippen molar-refractivity contribution in [3.05, 3.63) is 113 Å². The van der Waals surface area contributed by atoms with E-state index in [0.29, 0.717) is 0 Å². The van der Waals surface area contributed by atoms with E-state index in [1.54, 1.807) is 6.08 Å². The van der Waals surface area contributed by atoms with Crippen LogP contribution < -0.4 is 0 Å². The van der Waals surface area contributed by atoms with E-state index in [2.05, 4.69) is 67.2 Å². The molecule has 5 rings (SSSR count). The molecule has 44 heavy (non-hydrogen) atoms. The summed E-state index contributed by atoms with van der Waals surface area (Å²) in [6.07, 6.45) is 30.2. The van der Waals surface area contributed by atoms with Crippen LogP contribution >= 0.6 is 0 Å². The van der Waals surface area contributed by atoms with Crippen LogP contribution in [0.1, 0.15) is 89.4 Å². The zero-order chi connectivity index (χ0) is 30.7. The van der Waals surface area contributed by atoms with Crippen molar-refractivity contribution < 1.29 is 0 Å². The van der Waals surface area contributed by atoms with Gasteiger partial charge >= 0.3 is 0 Å². The molecule has 0 spiro atoms. The second-order valence-corrected chi connectivity index (χ2v) is 11.3. The quantitative estimate of drug-likeness (QED) is 0.144. The fourth-order valence-electron chi connectivity index (χ4n) is 5.87. The highest BCUT2D eigenvalue weighted by atomic mass is 14.9. The first-order valence-electron chi connectivity index (χ1n) is 15.9. The molecule has 1 aromatic heterocycles. The number of aliphatic imine (C=N–C) groups is 3. The number of nitrogens with zero attached hydrogens (tertiary/aromatic N) is 4. The van der Waals surface area contributed by atoms with Gasteiger partial charge in [0.15, 0.2) is 0 Å². The number of aromatic amines is 1. The highest BCUT2D eigenvalue weighted by molar-refractivity contribution is 6.33. The maximum absolute atomic E-state index is 9.41. The molecule has 6 heteroatoms. The number of fused-ring (bicyclic) bond motifs is 5. The molecule has 222 valence electrons. The average Bonchev–Trinajstić information content (AvgIpc) is 3.86. The fraction of sp³-hybridized carbons (Fsp3) is 0.316. The largest absolute Gasteiger partial charge is 0.355 e. The molecule has 6 nitrogen and oxygen atoms in total. The van der Waals surface area contributed by atoms with E-state index in [9.17, 15) is 5.26 Å². The van der Waals surface area contributed by atoms with Gasteiger partial charge in [-0.15, -0.1) is 0 Å². The Morgan fingerprint density at radius 2 is 1.32 bits per heavy atom. The highest BCUT2D eigenvalue weighted by Crippen LogP contribution is 2.34. The number of H-pyrrole nitrogens is 1. The lowest BCUT2D eigenvalue weighted by atomic mass is 10.00. The van der Waals surface area contributed by atoms with Crippen LogP contribution in [0.5, 0.6) is 0 Å². The monoisotopic (exact) mass is 580 g/mol. The number of hydrogen-bond acceptors (Lipinski definition) is 5. The molecule has 1 aromatic rings. The van der Waals surface area contributed by atoms with Crippen molar-refractivity contribution in [2.45, 2.75) is 78.1 Å². The van der Waals surface area contributed by atoms with E-state index in [0.717, 1.165) is 106 Å². The molecule has 2 N–H and O–H groups in total. The zero-order valence-corrected chi connectivity index (χ0v) is 25.8. The number of aromatic nitrogens is 1. The second kappa shape index (κ2) is 15.0. The first-order valence-corrected chi connectivity index (χ1v) is 15.9. The molecule has 0 fully saturated rings. The molecule has 4 aliphatic rings. The Morgan fingerprint density at radius 3 is 1.98 bits per heavy atom. The topological polar surface area (TPSA) is 101 Å². The minimum atomic E-state index is 0.817. The third kappa shape index (κ3) is 7.02. The molecule has 5 heterocycles. The minimum Gasteiger partial charge on any atom is -0.355 e. The Hall–Kier alpha value is -4.85. The summed E-state index contributed by atoms with van der Waals surface area (Å²) in [6.45, 7) is 4.45. The van der Waals surface area contributed by atoms with Gasteiger partial charge in [0.05, 0.1) is 40.3 Å². The minimum absolute atomic E-state index is 0.817. The Bertz CT molecular complexity index is 1720. The summed E-state index contributed by atoms with van der Waals surface area (Å²) >= 11 is 0. The average molecular weight is 581 g/mol. The summed E-state index contributed by atoms with van der Waals surface area (Å²) in [7, 11) is 0. The molecule has 0 aliphatic carbocycles. The Balaban J connectivity index is 1.71. The molecular weight excluding hydrogens is 540 g/mol. The van der Waals surface area contributed by atoms with E-state index in [1.165, 1.54) is 31.8 Å². The lowest BCUT2D eigenvalue weighted by Gasteiger charge is -2.10. The number of nitrogens with one attached hydrogen (secondary N) is 2. The van der Waals surface area contributed by atoms with Crippen LogP contribution in [0.25, 0.3) is 11.1 Å². The standard InChI is InChI=1S/C38H40N6/c1-3-5-7-9-13-27-31-17-21-35(41-31)29(15-11-25-39)37-23-19-33(43-37)28(14-10-8-6-4-2)34-20-24-38(44-34)30(16-12-26-40)36-22-18-32(27)42-36/h11-12,15-24,39,42H,3-10,13-14H2,1-2H3/b16-12+,29-15-,31-27?,33-28?,38-30?. The number of nitriles is 1. The van der Waals surface area contributed by atoms with Gasteiger partial charge in [-0.25, -0.2) is 15.0 Å². The van der Waals surface area contributed by atoms with Crippen molar-refractivity contribution >= 4 is 34.2 Å². The molecule has 0 aromatic carbocycles. The molecule has 4 aliphatic heterocycles. The summed E-state index contributed by atoms with van der Waals surface area (Å²) in [5, 5.41) is 16.9. The van der Waals surface area contributed by atoms with Gasteiger partial charge in [-0.05, 0) is 98.4 Å². The van der Waals surface area contributed by atoms with Crippen LogP contribution in [-0.4, -0.2) is 28.0 Å². The number of allylic oxidation sites excluding steroid dienone is 14. The molecule has 8 bridgehead atoms. The molecule has 0 saturated heterocycles. The van der Waals surface area contributed by atoms with E-state index in [-0.39, 0.29) is 0 Å². The normalized spacial score (nSPS) is 18.0. The maximum Gasteiger partial charge on any atom is 0.0912 e. The molecule has 0 atom stereocenters. The van der Waals surface area contributed by atoms with Crippen molar-refractivity contribution in [3.63, 3.8) is 0 Å². The summed E-state index contributed by atoms with van der Waals surface area (Å²) in [4.78, 5) is 19.0. The van der Waals surface area contributed by atoms with E-state index < -0.39 is 0 Å². The van der Waals surface area contributed by atoms with Crippen LogP contribution in [0.2, 0.25) is 0 Å². The van der Waals surface area contributed by atoms with E-state index >= 15 is 0 Å². The molecule has 0 unspecified atom stereocenters. The highest BCUT2D eigenvalue weighted by Gasteiger charge is 2.23. The molecular formula is C38H40N6. The van der Waals surface area contributed by atoms with Gasteiger partial charge in [0.1, 0.15) is 0 Å². The van der Waals surface area contributed by atoms with Crippen molar-refractivity contribution in [3.8, 4) is 6.07 Å². The molecule has 0 radical (unpaired) electrons. The van der Waals surface area contributed by atoms with Crippen molar-refractivity contribution in [1.29, 1.82) is 10.7 Å². The Kier molecular flexibility index (Phi) is 10.5. The van der Waals surface area contributed by atoms with Crippen molar-refractivity contribution in [1.82, 2.24) is 4.98 Å². The summed E-state index contributed by atoms with van der Waals surface area (Å²) in [6, 6.07) is 6.35. The van der Waals surface area contributed by atoms with Gasteiger partial charge in [-0.1, -0.05) is 52.4 Å². The van der Waals surface area contributed by atoms with Crippen LogP contribution in [0, 0.1) is 16.7 Å². The lowest BCUT2D eigenvalue weighted by Crippen LogP contribution is -2.07. The van der Waals surface area contributed by atoms with Crippen LogP contribution in [-0.2, 0) is 0 Å². The molecule has 0 saturated carbocycles. The van der Waals surface area contributed by atoms with Crippen molar-refractivity contribution in [2.24, 2.45) is 15.0 Å². The number of rotatable bonds is 12. The number of unbranched alkanes of at least 4 members (excludes halogenated alkanes) is 6. The Labute approximate surface area is 261 Å². The second-order valence-electron chi connectivity index (χ2n) is 11.3. The van der Waals surface area contributed by atoms with Gasteiger partial charge < -0.3 is 4.98 Å². The SMILES string of the molecule is CCCCCCC1=C2C=CC(=N2)/C(=C\C=C=N)C2=NC(=C(CCCCCC)c3ccc([nH]3)C(/C=C/C#N)=C3C=CC1=N3)C=C2. The van der Waals surface area contributed by atoms with Crippen LogP contribution in [0.3, 0.4) is 0 Å². The van der Waals surface area contributed by atoms with E-state index in [1.807, 2.05) is 24.3 Å². The van der Waals surface area contributed by atoms with Gasteiger partial charge in [-0.2, -0.15) is 5.26 Å². The summed E-state index contributed by atoms with van der Waals surface area (Å²) < 4.78 is 0. The maximum atomic E-state index is 9.41. The van der Waals surface area contributed by atoms with Gasteiger partial charge in [-0.3, -0.25) is 5.41 Å². The van der Waals surface area contributed by atoms with Crippen LogP contribution in [0.15, 0.2) is 116 Å². The zero-order valence-electron chi connectivity index (χ0n) is 25.8. The van der Waals surface area contributed by atoms with Gasteiger partial charge in [0.2, 0.25) is 0 Å². The first-order chi connectivity index (χ1) is 21.7. The van der Waals surface area contributed by atoms with Crippen molar-refractivity contribution in [2.75, 3.05) is 0 Å². The van der Waals surface area contributed by atoms with Crippen LogP contribution in [0.4, 0.5) is 0 Å². The fourth-order valence-corrected chi connectivity index (χ4v) is 5.87. The predicted molar refractivity (Wildman–Crippen MR) is 184 cm³/mol. The Morgan fingerprint density at radius 1 is 0.727 bits per heavy atom. The number of hydrogen-bond donors (Lipinski definition) is 2. The van der Waals surface area contributed by atoms with Gasteiger partial charge in [0.25, 0.3) is 0 Å². The first kappa shape index (κ1) is 30.6. The summed E-state index contributed by atoms with van der Waals surface area (Å²) in [5.74, 6) is 2.39. The smallest absolute Gasteiger partial charge is 0.0912 e.